The second-order valence-electron chi connectivity index (χ2n) is 4.42. The molecule has 0 aliphatic carbocycles. The minimum Gasteiger partial charge on any atom is -0.371 e. The van der Waals surface area contributed by atoms with Crippen molar-refractivity contribution in [2.45, 2.75) is 6.92 Å². The molecule has 20 heavy (non-hydrogen) atoms. The maximum absolute atomic E-state index is 14.1. The van der Waals surface area contributed by atoms with Crippen LogP contribution in [0.5, 0.6) is 0 Å². The van der Waals surface area contributed by atoms with Crippen molar-refractivity contribution in [3.05, 3.63) is 53.5 Å². The fraction of sp³-hybridized carbons (Fsp3) is 0.200. The van der Waals surface area contributed by atoms with Crippen LogP contribution in [0.3, 0.4) is 0 Å². The Morgan fingerprint density at radius 3 is 2.65 bits per heavy atom. The Balaban J connectivity index is 2.39. The first kappa shape index (κ1) is 14.0. The summed E-state index contributed by atoms with van der Waals surface area (Å²) in [5.74, 6) is -0.981. The van der Waals surface area contributed by atoms with Crippen LogP contribution in [0.25, 0.3) is 0 Å². The number of hydrogen-bond acceptors (Lipinski definition) is 3. The van der Waals surface area contributed by atoms with E-state index in [1.807, 2.05) is 31.2 Å². The molecule has 1 heterocycles. The van der Waals surface area contributed by atoms with Gasteiger partial charge in [-0.15, -0.1) is 0 Å². The summed E-state index contributed by atoms with van der Waals surface area (Å²) in [7, 11) is 3.19. The number of pyridine rings is 1. The minimum atomic E-state index is -0.638. The van der Waals surface area contributed by atoms with Crippen molar-refractivity contribution in [1.29, 1.82) is 0 Å². The van der Waals surface area contributed by atoms with Gasteiger partial charge in [0.1, 0.15) is 0 Å². The van der Waals surface area contributed by atoms with Crippen LogP contribution in [0.2, 0.25) is 0 Å². The quantitative estimate of drug-likeness (QED) is 0.935. The van der Waals surface area contributed by atoms with Crippen molar-refractivity contribution in [2.75, 3.05) is 24.3 Å². The van der Waals surface area contributed by atoms with Crippen LogP contribution in [-0.4, -0.2) is 25.0 Å². The predicted octanol–water partition coefficient (Wildman–Crippen LogP) is 2.85. The number of nitrogens with one attached hydrogen (secondary N) is 1. The number of rotatable bonds is 3. The second kappa shape index (κ2) is 5.69. The molecule has 1 aromatic carbocycles. The Bertz CT molecular complexity index is 643. The molecule has 0 saturated carbocycles. The lowest BCUT2D eigenvalue weighted by atomic mass is 10.1. The van der Waals surface area contributed by atoms with Crippen molar-refractivity contribution in [3.63, 3.8) is 0 Å². The number of benzene rings is 1. The molecule has 2 aromatic rings. The van der Waals surface area contributed by atoms with Gasteiger partial charge in [0.05, 0.1) is 5.56 Å². The predicted molar refractivity (Wildman–Crippen MR) is 77.7 cm³/mol. The molecule has 5 heteroatoms. The zero-order valence-electron chi connectivity index (χ0n) is 11.6. The number of anilines is 2. The van der Waals surface area contributed by atoms with E-state index in [9.17, 15) is 9.18 Å². The zero-order chi connectivity index (χ0) is 14.7. The van der Waals surface area contributed by atoms with Gasteiger partial charge in [0.15, 0.2) is 11.6 Å². The summed E-state index contributed by atoms with van der Waals surface area (Å²) in [5, 5.41) is 2.62. The Labute approximate surface area is 117 Å². The average Bonchev–Trinajstić information content (AvgIpc) is 2.46. The van der Waals surface area contributed by atoms with Crippen LogP contribution in [0.15, 0.2) is 36.5 Å². The highest BCUT2D eigenvalue weighted by Gasteiger charge is 2.20. The maximum Gasteiger partial charge on any atom is 0.261 e. The number of nitrogens with zero attached hydrogens (tertiary/aromatic N) is 2. The standard InChI is InChI=1S/C15H16FN3O/c1-10-6-4-5-7-12(10)19(3)15(20)11-8-9-18-14(17-2)13(11)16/h4-9H,1-3H3,(H,17,18). The third kappa shape index (κ3) is 2.47. The molecule has 0 saturated heterocycles. The van der Waals surface area contributed by atoms with Gasteiger partial charge in [0.2, 0.25) is 0 Å². The highest BCUT2D eigenvalue weighted by molar-refractivity contribution is 6.06. The van der Waals surface area contributed by atoms with E-state index in [0.717, 1.165) is 11.3 Å². The topological polar surface area (TPSA) is 45.2 Å². The summed E-state index contributed by atoms with van der Waals surface area (Å²) in [6.45, 7) is 1.90. The van der Waals surface area contributed by atoms with Gasteiger partial charge in [-0.05, 0) is 24.6 Å². The van der Waals surface area contributed by atoms with Gasteiger partial charge in [0.25, 0.3) is 5.91 Å². The lowest BCUT2D eigenvalue weighted by molar-refractivity contribution is 0.0989. The van der Waals surface area contributed by atoms with Gasteiger partial charge in [-0.3, -0.25) is 4.79 Å². The lowest BCUT2D eigenvalue weighted by Crippen LogP contribution is -2.28. The smallest absolute Gasteiger partial charge is 0.261 e. The molecule has 1 amide bonds. The highest BCUT2D eigenvalue weighted by atomic mass is 19.1. The number of carbonyl (C=O) groups excluding carboxylic acids is 1. The van der Waals surface area contributed by atoms with Crippen molar-refractivity contribution in [2.24, 2.45) is 0 Å². The third-order valence-electron chi connectivity index (χ3n) is 3.14. The Morgan fingerprint density at radius 2 is 2.00 bits per heavy atom. The summed E-state index contributed by atoms with van der Waals surface area (Å²) >= 11 is 0. The van der Waals surface area contributed by atoms with Gasteiger partial charge in [-0.1, -0.05) is 18.2 Å². The Morgan fingerprint density at radius 1 is 1.30 bits per heavy atom. The van der Waals surface area contributed by atoms with E-state index < -0.39 is 11.7 Å². The van der Waals surface area contributed by atoms with Crippen molar-refractivity contribution < 1.29 is 9.18 Å². The van der Waals surface area contributed by atoms with E-state index in [4.69, 9.17) is 0 Å². The number of hydrogen-bond donors (Lipinski definition) is 1. The van der Waals surface area contributed by atoms with Gasteiger partial charge < -0.3 is 10.2 Å². The molecule has 0 atom stereocenters. The van der Waals surface area contributed by atoms with Gasteiger partial charge in [-0.2, -0.15) is 0 Å². The van der Waals surface area contributed by atoms with Gasteiger partial charge >= 0.3 is 0 Å². The minimum absolute atomic E-state index is 0.00453. The molecule has 0 unspecified atom stereocenters. The summed E-state index contributed by atoms with van der Waals surface area (Å²) in [6, 6.07) is 8.84. The maximum atomic E-state index is 14.1. The van der Waals surface area contributed by atoms with Crippen LogP contribution in [-0.2, 0) is 0 Å². The molecule has 2 rings (SSSR count). The van der Waals surface area contributed by atoms with E-state index in [1.54, 1.807) is 14.1 Å². The number of amides is 1. The van der Waals surface area contributed by atoms with Gasteiger partial charge in [-0.25, -0.2) is 9.37 Å². The summed E-state index contributed by atoms with van der Waals surface area (Å²) < 4.78 is 14.1. The van der Waals surface area contributed by atoms with Crippen LogP contribution < -0.4 is 10.2 Å². The Hall–Kier alpha value is -2.43. The zero-order valence-corrected chi connectivity index (χ0v) is 11.6. The van der Waals surface area contributed by atoms with E-state index in [-0.39, 0.29) is 11.4 Å². The van der Waals surface area contributed by atoms with E-state index in [2.05, 4.69) is 10.3 Å². The molecule has 1 N–H and O–H groups in total. The second-order valence-corrected chi connectivity index (χ2v) is 4.42. The van der Waals surface area contributed by atoms with Crippen molar-refractivity contribution >= 4 is 17.4 Å². The first-order valence-corrected chi connectivity index (χ1v) is 6.22. The Kier molecular flexibility index (Phi) is 3.98. The van der Waals surface area contributed by atoms with Crippen LogP contribution in [0.1, 0.15) is 15.9 Å². The van der Waals surface area contributed by atoms with E-state index in [1.165, 1.54) is 17.2 Å². The molecule has 0 spiro atoms. The molecule has 0 fully saturated rings. The number of aryl methyl sites for hydroxylation is 1. The van der Waals surface area contributed by atoms with E-state index in [0.29, 0.717) is 0 Å². The fourth-order valence-electron chi connectivity index (χ4n) is 2.01. The molecule has 0 radical (unpaired) electrons. The molecule has 1 aromatic heterocycles. The molecule has 0 aliphatic rings. The normalized spacial score (nSPS) is 10.2. The first-order valence-electron chi connectivity index (χ1n) is 6.22. The molecular weight excluding hydrogens is 257 g/mol. The summed E-state index contributed by atoms with van der Waals surface area (Å²) in [4.78, 5) is 17.7. The molecule has 4 nitrogen and oxygen atoms in total. The summed E-state index contributed by atoms with van der Waals surface area (Å²) in [5.41, 5.74) is 1.70. The third-order valence-corrected chi connectivity index (χ3v) is 3.14. The largest absolute Gasteiger partial charge is 0.371 e. The number of aromatic nitrogens is 1. The highest BCUT2D eigenvalue weighted by Crippen LogP contribution is 2.22. The first-order chi connectivity index (χ1) is 9.56. The molecule has 104 valence electrons. The summed E-state index contributed by atoms with van der Waals surface area (Å²) in [6.07, 6.45) is 1.41. The van der Waals surface area contributed by atoms with Gasteiger partial charge in [0, 0.05) is 26.0 Å². The van der Waals surface area contributed by atoms with E-state index >= 15 is 0 Å². The SMILES string of the molecule is CNc1nccc(C(=O)N(C)c2ccccc2C)c1F. The average molecular weight is 273 g/mol. The number of para-hydroxylation sites is 1. The van der Waals surface area contributed by atoms with Crippen LogP contribution in [0.4, 0.5) is 15.9 Å². The molecular formula is C15H16FN3O. The van der Waals surface area contributed by atoms with Crippen molar-refractivity contribution in [3.8, 4) is 0 Å². The fourth-order valence-corrected chi connectivity index (χ4v) is 2.01. The van der Waals surface area contributed by atoms with Crippen LogP contribution in [0, 0.1) is 12.7 Å². The monoisotopic (exact) mass is 273 g/mol. The molecule has 0 bridgehead atoms. The number of halogens is 1. The number of carbonyl (C=O) groups is 1. The van der Waals surface area contributed by atoms with Crippen molar-refractivity contribution in [1.82, 2.24) is 4.98 Å². The molecule has 0 aliphatic heterocycles. The lowest BCUT2D eigenvalue weighted by Gasteiger charge is -2.20. The van der Waals surface area contributed by atoms with Crippen LogP contribution >= 0.6 is 0 Å².